The molecule has 27 heavy (non-hydrogen) atoms. The molecule has 0 radical (unpaired) electrons. The van der Waals surface area contributed by atoms with Gasteiger partial charge in [-0.25, -0.2) is 9.50 Å². The van der Waals surface area contributed by atoms with Crippen LogP contribution in [0, 0.1) is 20.8 Å². The van der Waals surface area contributed by atoms with Gasteiger partial charge in [0.25, 0.3) is 5.56 Å². The first-order valence-corrected chi connectivity index (χ1v) is 9.11. The zero-order chi connectivity index (χ0) is 19.1. The second-order valence-corrected chi connectivity index (χ2v) is 7.11. The van der Waals surface area contributed by atoms with Crippen LogP contribution < -0.4 is 5.56 Å². The number of benzene rings is 1. The average Bonchev–Trinajstić information content (AvgIpc) is 3.14. The second kappa shape index (κ2) is 6.70. The third-order valence-electron chi connectivity index (χ3n) is 4.83. The van der Waals surface area contributed by atoms with Gasteiger partial charge in [-0.2, -0.15) is 0 Å². The Hall–Kier alpha value is -2.86. The predicted octanol–water partition coefficient (Wildman–Crippen LogP) is 4.04. The topological polar surface area (TPSA) is 76.2 Å². The lowest BCUT2D eigenvalue weighted by Crippen LogP contribution is -2.16. The van der Waals surface area contributed by atoms with E-state index in [4.69, 9.17) is 21.1 Å². The van der Waals surface area contributed by atoms with Crippen molar-refractivity contribution in [2.75, 3.05) is 0 Å². The van der Waals surface area contributed by atoms with Gasteiger partial charge in [-0.15, -0.1) is 0 Å². The maximum absolute atomic E-state index is 12.6. The molecular formula is C20H19ClN4O2. The molecule has 4 aromatic rings. The van der Waals surface area contributed by atoms with Crippen molar-refractivity contribution in [1.29, 1.82) is 0 Å². The first kappa shape index (κ1) is 17.5. The zero-order valence-corrected chi connectivity index (χ0v) is 16.1. The monoisotopic (exact) mass is 382 g/mol. The van der Waals surface area contributed by atoms with Crippen LogP contribution in [-0.4, -0.2) is 19.8 Å². The Bertz CT molecular complexity index is 1180. The molecule has 0 fully saturated rings. The van der Waals surface area contributed by atoms with Crippen LogP contribution in [-0.2, 0) is 12.8 Å². The van der Waals surface area contributed by atoms with Crippen molar-refractivity contribution >= 4 is 17.2 Å². The normalized spacial score (nSPS) is 11.4. The first-order valence-electron chi connectivity index (χ1n) is 8.73. The minimum Gasteiger partial charge on any atom is -0.361 e. The van der Waals surface area contributed by atoms with Crippen LogP contribution in [0.4, 0.5) is 0 Å². The van der Waals surface area contributed by atoms with Gasteiger partial charge in [-0.1, -0.05) is 28.9 Å². The lowest BCUT2D eigenvalue weighted by molar-refractivity contribution is 0.392. The fraction of sp³-hybridized carbons (Fsp3) is 0.250. The minimum atomic E-state index is -0.134. The van der Waals surface area contributed by atoms with Crippen LogP contribution >= 0.6 is 11.6 Å². The standard InChI is InChI=1S/C20H19ClN4O2/c1-11-19(14-5-4-6-15(21)9-14)23-25-18(26)10-16(22-20(11)25)7-8-17-12(2)24-27-13(17)3/h4-6,9-10,23H,7-8H2,1-3H3. The zero-order valence-electron chi connectivity index (χ0n) is 15.3. The van der Waals surface area contributed by atoms with Crippen LogP contribution in [0.2, 0.25) is 5.02 Å². The molecule has 0 aliphatic rings. The Morgan fingerprint density at radius 2 is 2.00 bits per heavy atom. The molecule has 3 heterocycles. The lowest BCUT2D eigenvalue weighted by atomic mass is 10.1. The third-order valence-corrected chi connectivity index (χ3v) is 5.07. The summed E-state index contributed by atoms with van der Waals surface area (Å²) < 4.78 is 6.68. The second-order valence-electron chi connectivity index (χ2n) is 6.67. The molecule has 6 nitrogen and oxygen atoms in total. The average molecular weight is 383 g/mol. The summed E-state index contributed by atoms with van der Waals surface area (Å²) in [4.78, 5) is 17.3. The number of aryl methyl sites for hydroxylation is 4. The number of nitrogens with zero attached hydrogens (tertiary/aromatic N) is 3. The van der Waals surface area contributed by atoms with Crippen molar-refractivity contribution in [1.82, 2.24) is 19.8 Å². The number of fused-ring (bicyclic) bond motifs is 1. The first-order chi connectivity index (χ1) is 12.9. The summed E-state index contributed by atoms with van der Waals surface area (Å²) in [6.45, 7) is 5.77. The van der Waals surface area contributed by atoms with Crippen molar-refractivity contribution in [2.45, 2.75) is 33.6 Å². The highest BCUT2D eigenvalue weighted by Gasteiger charge is 2.15. The van der Waals surface area contributed by atoms with E-state index in [0.29, 0.717) is 17.1 Å². The molecule has 7 heteroatoms. The molecule has 0 aliphatic heterocycles. The molecule has 4 rings (SSSR count). The van der Waals surface area contributed by atoms with E-state index in [1.165, 1.54) is 4.52 Å². The number of halogens is 1. The van der Waals surface area contributed by atoms with Gasteiger partial charge in [-0.05, 0) is 45.7 Å². The predicted molar refractivity (Wildman–Crippen MR) is 104 cm³/mol. The molecular weight excluding hydrogens is 364 g/mol. The Labute approximate surface area is 160 Å². The molecule has 0 spiro atoms. The Morgan fingerprint density at radius 3 is 2.70 bits per heavy atom. The Morgan fingerprint density at radius 1 is 1.19 bits per heavy atom. The van der Waals surface area contributed by atoms with E-state index in [0.717, 1.165) is 46.0 Å². The molecule has 0 amide bonds. The van der Waals surface area contributed by atoms with Crippen molar-refractivity contribution in [3.63, 3.8) is 0 Å². The number of H-pyrrole nitrogens is 1. The van der Waals surface area contributed by atoms with E-state index >= 15 is 0 Å². The summed E-state index contributed by atoms with van der Waals surface area (Å²) in [5, 5.41) is 7.77. The van der Waals surface area contributed by atoms with E-state index in [2.05, 4.69) is 10.3 Å². The highest BCUT2D eigenvalue weighted by atomic mass is 35.5. The SMILES string of the molecule is Cc1noc(C)c1CCc1cc(=O)n2[nH]c(-c3cccc(Cl)c3)c(C)c2n1. The van der Waals surface area contributed by atoms with Crippen molar-refractivity contribution in [3.05, 3.63) is 74.0 Å². The highest BCUT2D eigenvalue weighted by Crippen LogP contribution is 2.26. The van der Waals surface area contributed by atoms with Gasteiger partial charge in [0.2, 0.25) is 0 Å². The molecule has 138 valence electrons. The number of aromatic amines is 1. The van der Waals surface area contributed by atoms with Crippen LogP contribution in [0.25, 0.3) is 16.9 Å². The maximum atomic E-state index is 12.6. The van der Waals surface area contributed by atoms with E-state index in [9.17, 15) is 4.79 Å². The van der Waals surface area contributed by atoms with Gasteiger partial charge >= 0.3 is 0 Å². The smallest absolute Gasteiger partial charge is 0.272 e. The number of aromatic nitrogens is 4. The van der Waals surface area contributed by atoms with Crippen LogP contribution in [0.5, 0.6) is 0 Å². The van der Waals surface area contributed by atoms with Gasteiger partial charge in [0, 0.05) is 33.5 Å². The highest BCUT2D eigenvalue weighted by molar-refractivity contribution is 6.30. The minimum absolute atomic E-state index is 0.134. The fourth-order valence-electron chi connectivity index (χ4n) is 3.36. The van der Waals surface area contributed by atoms with Crippen LogP contribution in [0.15, 0.2) is 39.6 Å². The molecule has 1 aromatic carbocycles. The molecule has 0 unspecified atom stereocenters. The van der Waals surface area contributed by atoms with Gasteiger partial charge in [0.05, 0.1) is 11.4 Å². The third kappa shape index (κ3) is 3.17. The van der Waals surface area contributed by atoms with Gasteiger partial charge in [0.15, 0.2) is 5.65 Å². The summed E-state index contributed by atoms with van der Waals surface area (Å²) in [6.07, 6.45) is 1.38. The number of hydrogen-bond acceptors (Lipinski definition) is 4. The Kier molecular flexibility index (Phi) is 4.36. The van der Waals surface area contributed by atoms with Crippen molar-refractivity contribution in [2.24, 2.45) is 0 Å². The molecule has 0 saturated heterocycles. The molecule has 1 N–H and O–H groups in total. The van der Waals surface area contributed by atoms with Gasteiger partial charge in [0.1, 0.15) is 5.76 Å². The van der Waals surface area contributed by atoms with Crippen molar-refractivity contribution in [3.8, 4) is 11.3 Å². The summed E-state index contributed by atoms with van der Waals surface area (Å²) in [5.74, 6) is 0.811. The molecule has 3 aromatic heterocycles. The summed E-state index contributed by atoms with van der Waals surface area (Å²) in [7, 11) is 0. The number of rotatable bonds is 4. The Balaban J connectivity index is 1.73. The number of nitrogens with one attached hydrogen (secondary N) is 1. The van der Waals surface area contributed by atoms with E-state index in [-0.39, 0.29) is 5.56 Å². The van der Waals surface area contributed by atoms with Crippen molar-refractivity contribution < 1.29 is 4.52 Å². The lowest BCUT2D eigenvalue weighted by Gasteiger charge is -2.02. The summed E-state index contributed by atoms with van der Waals surface area (Å²) >= 11 is 6.11. The maximum Gasteiger partial charge on any atom is 0.272 e. The molecule has 0 aliphatic carbocycles. The molecule has 0 saturated carbocycles. The van der Waals surface area contributed by atoms with E-state index in [1.54, 1.807) is 6.07 Å². The number of hydrogen-bond donors (Lipinski definition) is 1. The molecule has 0 bridgehead atoms. The largest absolute Gasteiger partial charge is 0.361 e. The quantitative estimate of drug-likeness (QED) is 0.577. The van der Waals surface area contributed by atoms with Crippen LogP contribution in [0.3, 0.4) is 0 Å². The van der Waals surface area contributed by atoms with Crippen LogP contribution in [0.1, 0.15) is 28.3 Å². The van der Waals surface area contributed by atoms with E-state index in [1.807, 2.05) is 45.0 Å². The van der Waals surface area contributed by atoms with Gasteiger partial charge < -0.3 is 4.52 Å². The van der Waals surface area contributed by atoms with E-state index < -0.39 is 0 Å². The summed E-state index contributed by atoms with van der Waals surface area (Å²) in [5.41, 5.74) is 5.87. The molecule has 0 atom stereocenters. The van der Waals surface area contributed by atoms with Gasteiger partial charge in [-0.3, -0.25) is 9.89 Å². The summed E-state index contributed by atoms with van der Waals surface area (Å²) in [6, 6.07) is 9.09. The fourth-order valence-corrected chi connectivity index (χ4v) is 3.55.